The Morgan fingerprint density at radius 3 is 2.78 bits per heavy atom. The van der Waals surface area contributed by atoms with Gasteiger partial charge in [-0.2, -0.15) is 0 Å². The normalized spacial score (nSPS) is 23.6. The number of carbonyl (C=O) groups excluding carboxylic acids is 1. The van der Waals surface area contributed by atoms with E-state index >= 15 is 0 Å². The van der Waals surface area contributed by atoms with Crippen LogP contribution in [0.1, 0.15) is 35.4 Å². The van der Waals surface area contributed by atoms with Crippen LogP contribution in [-0.4, -0.2) is 23.0 Å². The molecule has 98 valence electrons. The molecule has 6 heteroatoms. The number of carboxylic acids is 1. The lowest BCUT2D eigenvalue weighted by Gasteiger charge is -2.27. The first kappa shape index (κ1) is 13.5. The van der Waals surface area contributed by atoms with Gasteiger partial charge >= 0.3 is 5.97 Å². The van der Waals surface area contributed by atoms with Crippen LogP contribution in [0.5, 0.6) is 0 Å². The maximum absolute atomic E-state index is 11.9. The summed E-state index contributed by atoms with van der Waals surface area (Å²) >= 11 is 4.69. The first-order valence-electron chi connectivity index (χ1n) is 5.85. The number of aliphatic carboxylic acids is 1. The zero-order valence-corrected chi connectivity index (χ0v) is 12.1. The molecule has 2 unspecified atom stereocenters. The van der Waals surface area contributed by atoms with E-state index in [1.54, 1.807) is 6.07 Å². The average molecular weight is 332 g/mol. The number of nitrogens with one attached hydrogen (secondary N) is 1. The molecule has 2 N–H and O–H groups in total. The lowest BCUT2D eigenvalue weighted by Crippen LogP contribution is -2.39. The van der Waals surface area contributed by atoms with Crippen LogP contribution in [0.15, 0.2) is 15.9 Å². The minimum absolute atomic E-state index is 0.0202. The van der Waals surface area contributed by atoms with E-state index < -0.39 is 5.97 Å². The van der Waals surface area contributed by atoms with Crippen LogP contribution in [0.3, 0.4) is 0 Å². The summed E-state index contributed by atoms with van der Waals surface area (Å²) < 4.78 is 0.916. The van der Waals surface area contributed by atoms with Crippen molar-refractivity contribution in [1.82, 2.24) is 5.32 Å². The highest BCUT2D eigenvalue weighted by Crippen LogP contribution is 2.26. The molecule has 0 bridgehead atoms. The molecule has 4 nitrogen and oxygen atoms in total. The van der Waals surface area contributed by atoms with Crippen molar-refractivity contribution in [3.05, 3.63) is 20.8 Å². The molecule has 0 aromatic carbocycles. The molecule has 18 heavy (non-hydrogen) atoms. The SMILES string of the molecule is O=C(NC1CCCC(C(=O)O)C1)c1ccc(Br)s1. The predicted octanol–water partition coefficient (Wildman–Crippen LogP) is 2.88. The molecule has 1 aliphatic rings. The summed E-state index contributed by atoms with van der Waals surface area (Å²) in [6.07, 6.45) is 2.97. The first-order chi connectivity index (χ1) is 8.56. The molecule has 2 rings (SSSR count). The maximum Gasteiger partial charge on any atom is 0.306 e. The van der Waals surface area contributed by atoms with E-state index in [1.165, 1.54) is 11.3 Å². The highest BCUT2D eigenvalue weighted by Gasteiger charge is 2.28. The van der Waals surface area contributed by atoms with Gasteiger partial charge in [-0.1, -0.05) is 6.42 Å². The molecule has 1 fully saturated rings. The number of amides is 1. The molecule has 1 heterocycles. The number of carboxylic acid groups (broad SMARTS) is 1. The number of rotatable bonds is 3. The van der Waals surface area contributed by atoms with Crippen LogP contribution in [0.2, 0.25) is 0 Å². The van der Waals surface area contributed by atoms with Crippen molar-refractivity contribution in [3.63, 3.8) is 0 Å². The molecule has 0 spiro atoms. The number of hydrogen-bond acceptors (Lipinski definition) is 3. The smallest absolute Gasteiger partial charge is 0.306 e. The molecule has 0 radical (unpaired) electrons. The average Bonchev–Trinajstić information content (AvgIpc) is 2.76. The summed E-state index contributed by atoms with van der Waals surface area (Å²) in [7, 11) is 0. The predicted molar refractivity (Wildman–Crippen MR) is 72.9 cm³/mol. The van der Waals surface area contributed by atoms with Crippen molar-refractivity contribution in [3.8, 4) is 0 Å². The van der Waals surface area contributed by atoms with Crippen molar-refractivity contribution >= 4 is 39.1 Å². The summed E-state index contributed by atoms with van der Waals surface area (Å²) in [5.41, 5.74) is 0. The molecule has 1 saturated carbocycles. The van der Waals surface area contributed by atoms with Gasteiger partial charge in [0.1, 0.15) is 0 Å². The molecule has 0 aliphatic heterocycles. The molecule has 1 aliphatic carbocycles. The Morgan fingerprint density at radius 1 is 1.39 bits per heavy atom. The Balaban J connectivity index is 1.93. The number of hydrogen-bond donors (Lipinski definition) is 2. The Kier molecular flexibility index (Phi) is 4.40. The molecule has 1 aromatic heterocycles. The summed E-state index contributed by atoms with van der Waals surface area (Å²) in [6, 6.07) is 3.58. The van der Waals surface area contributed by atoms with E-state index in [-0.39, 0.29) is 17.9 Å². The summed E-state index contributed by atoms with van der Waals surface area (Å²) in [5.74, 6) is -1.19. The Hall–Kier alpha value is -0.880. The van der Waals surface area contributed by atoms with Gasteiger partial charge in [0.15, 0.2) is 0 Å². The van der Waals surface area contributed by atoms with E-state index in [0.29, 0.717) is 17.7 Å². The fraction of sp³-hybridized carbons (Fsp3) is 0.500. The number of thiophene rings is 1. The van der Waals surface area contributed by atoms with Crippen LogP contribution in [0.25, 0.3) is 0 Å². The van der Waals surface area contributed by atoms with Crippen molar-refractivity contribution in [2.75, 3.05) is 0 Å². The number of halogens is 1. The van der Waals surface area contributed by atoms with Crippen LogP contribution in [0.4, 0.5) is 0 Å². The second kappa shape index (κ2) is 5.84. The lowest BCUT2D eigenvalue weighted by molar-refractivity contribution is -0.143. The molecule has 2 atom stereocenters. The molecular formula is C12H14BrNO3S. The van der Waals surface area contributed by atoms with Crippen molar-refractivity contribution in [2.24, 2.45) is 5.92 Å². The van der Waals surface area contributed by atoms with Gasteiger partial charge in [0.05, 0.1) is 14.6 Å². The second-order valence-corrected chi connectivity index (χ2v) is 6.94. The van der Waals surface area contributed by atoms with Crippen LogP contribution in [0, 0.1) is 5.92 Å². The van der Waals surface area contributed by atoms with Crippen molar-refractivity contribution < 1.29 is 14.7 Å². The fourth-order valence-corrected chi connectivity index (χ4v) is 3.53. The van der Waals surface area contributed by atoms with Gasteiger partial charge < -0.3 is 10.4 Å². The Bertz CT molecular complexity index is 460. The van der Waals surface area contributed by atoms with Gasteiger partial charge in [0.2, 0.25) is 0 Å². The Morgan fingerprint density at radius 2 is 2.17 bits per heavy atom. The zero-order chi connectivity index (χ0) is 13.1. The maximum atomic E-state index is 11.9. The van der Waals surface area contributed by atoms with E-state index in [2.05, 4.69) is 21.2 Å². The summed E-state index contributed by atoms with van der Waals surface area (Å²) in [4.78, 5) is 23.5. The monoisotopic (exact) mass is 331 g/mol. The van der Waals surface area contributed by atoms with Gasteiger partial charge in [-0.25, -0.2) is 0 Å². The minimum atomic E-state index is -0.757. The lowest BCUT2D eigenvalue weighted by atomic mass is 9.86. The number of carbonyl (C=O) groups is 2. The van der Waals surface area contributed by atoms with Crippen molar-refractivity contribution in [1.29, 1.82) is 0 Å². The minimum Gasteiger partial charge on any atom is -0.481 e. The Labute approximate surface area is 118 Å². The zero-order valence-electron chi connectivity index (χ0n) is 9.69. The highest BCUT2D eigenvalue weighted by molar-refractivity contribution is 9.11. The van der Waals surface area contributed by atoms with E-state index in [9.17, 15) is 9.59 Å². The summed E-state index contributed by atoms with van der Waals surface area (Å²) in [6.45, 7) is 0. The van der Waals surface area contributed by atoms with Gasteiger partial charge in [-0.3, -0.25) is 9.59 Å². The quantitative estimate of drug-likeness (QED) is 0.894. The fourth-order valence-electron chi connectivity index (χ4n) is 2.24. The summed E-state index contributed by atoms with van der Waals surface area (Å²) in [5, 5.41) is 11.9. The van der Waals surface area contributed by atoms with Gasteiger partial charge in [0, 0.05) is 6.04 Å². The molecule has 0 saturated heterocycles. The van der Waals surface area contributed by atoms with Gasteiger partial charge in [-0.15, -0.1) is 11.3 Å². The standard InChI is InChI=1S/C12H14BrNO3S/c13-10-5-4-9(18-10)11(15)14-8-3-1-2-7(6-8)12(16)17/h4-5,7-8H,1-3,6H2,(H,14,15)(H,16,17). The second-order valence-electron chi connectivity index (χ2n) is 4.48. The third kappa shape index (κ3) is 3.32. The molecule has 1 amide bonds. The van der Waals surface area contributed by atoms with E-state index in [0.717, 1.165) is 16.6 Å². The van der Waals surface area contributed by atoms with Crippen molar-refractivity contribution in [2.45, 2.75) is 31.7 Å². The van der Waals surface area contributed by atoms with Gasteiger partial charge in [-0.05, 0) is 47.3 Å². The van der Waals surface area contributed by atoms with E-state index in [1.807, 2.05) is 6.07 Å². The third-order valence-electron chi connectivity index (χ3n) is 3.16. The van der Waals surface area contributed by atoms with E-state index in [4.69, 9.17) is 5.11 Å². The van der Waals surface area contributed by atoms with Crippen LogP contribution >= 0.6 is 27.3 Å². The molecule has 1 aromatic rings. The first-order valence-corrected chi connectivity index (χ1v) is 7.46. The highest BCUT2D eigenvalue weighted by atomic mass is 79.9. The van der Waals surface area contributed by atoms with Gasteiger partial charge in [0.25, 0.3) is 5.91 Å². The van der Waals surface area contributed by atoms with Crippen LogP contribution < -0.4 is 5.32 Å². The van der Waals surface area contributed by atoms with Crippen LogP contribution in [-0.2, 0) is 4.79 Å². The topological polar surface area (TPSA) is 66.4 Å². The largest absolute Gasteiger partial charge is 0.481 e. The third-order valence-corrected chi connectivity index (χ3v) is 4.78. The molecular weight excluding hydrogens is 318 g/mol.